The molecular weight excluding hydrogens is 186 g/mol. The summed E-state index contributed by atoms with van der Waals surface area (Å²) in [5.41, 5.74) is 2.51. The van der Waals surface area contributed by atoms with E-state index in [0.29, 0.717) is 0 Å². The summed E-state index contributed by atoms with van der Waals surface area (Å²) < 4.78 is 4.26. The fourth-order valence-electron chi connectivity index (χ4n) is 1.64. The van der Waals surface area contributed by atoms with Gasteiger partial charge in [0.15, 0.2) is 0 Å². The molecule has 3 nitrogen and oxygen atoms in total. The Morgan fingerprint density at radius 3 is 2.93 bits per heavy atom. The van der Waals surface area contributed by atoms with Gasteiger partial charge in [0.25, 0.3) is 0 Å². The third-order valence-electron chi connectivity index (χ3n) is 2.51. The molecule has 0 radical (unpaired) electrons. The van der Waals surface area contributed by atoms with E-state index in [4.69, 9.17) is 0 Å². The molecule has 0 saturated heterocycles. The molecule has 0 saturated carbocycles. The first kappa shape index (κ1) is 9.77. The van der Waals surface area contributed by atoms with E-state index in [-0.39, 0.29) is 0 Å². The second kappa shape index (κ2) is 4.17. The number of allylic oxidation sites excluding steroid dienone is 1. The molecule has 2 heterocycles. The summed E-state index contributed by atoms with van der Waals surface area (Å²) in [6.45, 7) is 2.90. The maximum Gasteiger partial charge on any atom is 0.0949 e. The zero-order valence-corrected chi connectivity index (χ0v) is 9.09. The van der Waals surface area contributed by atoms with Crippen molar-refractivity contribution in [2.45, 2.75) is 13.5 Å². The highest BCUT2D eigenvalue weighted by Crippen LogP contribution is 2.10. The zero-order valence-electron chi connectivity index (χ0n) is 9.09. The van der Waals surface area contributed by atoms with Crippen LogP contribution in [0.4, 0.5) is 0 Å². The molecule has 2 aromatic rings. The topological polar surface area (TPSA) is 22.8 Å². The Morgan fingerprint density at radius 1 is 1.40 bits per heavy atom. The number of hydrogen-bond donors (Lipinski definition) is 0. The van der Waals surface area contributed by atoms with Gasteiger partial charge in [-0.15, -0.1) is 0 Å². The Morgan fingerprint density at radius 2 is 2.27 bits per heavy atom. The van der Waals surface area contributed by atoms with Crippen LogP contribution in [0.3, 0.4) is 0 Å². The lowest BCUT2D eigenvalue weighted by Gasteiger charge is -2.05. The summed E-state index contributed by atoms with van der Waals surface area (Å²) in [4.78, 5) is 4.03. The highest BCUT2D eigenvalue weighted by atomic mass is 15.1. The van der Waals surface area contributed by atoms with Crippen molar-refractivity contribution in [2.75, 3.05) is 0 Å². The van der Waals surface area contributed by atoms with E-state index < -0.39 is 0 Å². The highest BCUT2D eigenvalue weighted by Gasteiger charge is 2.02. The van der Waals surface area contributed by atoms with Gasteiger partial charge in [0, 0.05) is 30.8 Å². The SMILES string of the molecule is C/C=C/c1ccc(Cn2ccnc2)n1C. The number of rotatable bonds is 3. The van der Waals surface area contributed by atoms with Crippen LogP contribution in [-0.2, 0) is 13.6 Å². The van der Waals surface area contributed by atoms with Crippen LogP contribution in [0.15, 0.2) is 36.9 Å². The van der Waals surface area contributed by atoms with Crippen molar-refractivity contribution in [3.05, 3.63) is 48.3 Å². The molecule has 0 unspecified atom stereocenters. The van der Waals surface area contributed by atoms with Gasteiger partial charge >= 0.3 is 0 Å². The molecule has 0 aliphatic heterocycles. The van der Waals surface area contributed by atoms with Crippen LogP contribution < -0.4 is 0 Å². The quantitative estimate of drug-likeness (QED) is 0.747. The summed E-state index contributed by atoms with van der Waals surface area (Å²) in [6.07, 6.45) is 9.77. The molecule has 15 heavy (non-hydrogen) atoms. The second-order valence-corrected chi connectivity index (χ2v) is 3.54. The van der Waals surface area contributed by atoms with Crippen molar-refractivity contribution in [3.63, 3.8) is 0 Å². The maximum absolute atomic E-state index is 4.03. The molecule has 2 rings (SSSR count). The molecule has 0 amide bonds. The molecule has 3 heteroatoms. The molecule has 0 bridgehead atoms. The van der Waals surface area contributed by atoms with Gasteiger partial charge in [-0.25, -0.2) is 4.98 Å². The van der Waals surface area contributed by atoms with Crippen molar-refractivity contribution >= 4 is 6.08 Å². The predicted molar refractivity (Wildman–Crippen MR) is 61.5 cm³/mol. The average Bonchev–Trinajstić information content (AvgIpc) is 2.83. The average molecular weight is 201 g/mol. The van der Waals surface area contributed by atoms with Crippen LogP contribution in [0.2, 0.25) is 0 Å². The zero-order chi connectivity index (χ0) is 10.7. The molecule has 0 spiro atoms. The van der Waals surface area contributed by atoms with Crippen molar-refractivity contribution in [3.8, 4) is 0 Å². The van der Waals surface area contributed by atoms with Crippen LogP contribution in [0, 0.1) is 0 Å². The van der Waals surface area contributed by atoms with Gasteiger partial charge in [-0.3, -0.25) is 0 Å². The van der Waals surface area contributed by atoms with Crippen LogP contribution in [0.25, 0.3) is 6.08 Å². The molecule has 2 aromatic heterocycles. The molecule has 78 valence electrons. The summed E-state index contributed by atoms with van der Waals surface area (Å²) in [5.74, 6) is 0. The van der Waals surface area contributed by atoms with Crippen molar-refractivity contribution in [1.29, 1.82) is 0 Å². The van der Waals surface area contributed by atoms with E-state index in [1.165, 1.54) is 11.4 Å². The monoisotopic (exact) mass is 201 g/mol. The summed E-state index contributed by atoms with van der Waals surface area (Å²) >= 11 is 0. The molecule has 0 atom stereocenters. The molecule has 0 aromatic carbocycles. The normalized spacial score (nSPS) is 11.3. The molecular formula is C12H15N3. The minimum atomic E-state index is 0.869. The van der Waals surface area contributed by atoms with Gasteiger partial charge in [-0.2, -0.15) is 0 Å². The second-order valence-electron chi connectivity index (χ2n) is 3.54. The number of hydrogen-bond acceptors (Lipinski definition) is 1. The van der Waals surface area contributed by atoms with E-state index >= 15 is 0 Å². The molecule has 0 aliphatic rings. The van der Waals surface area contributed by atoms with E-state index in [2.05, 4.69) is 45.5 Å². The van der Waals surface area contributed by atoms with Gasteiger partial charge < -0.3 is 9.13 Å². The van der Waals surface area contributed by atoms with Crippen molar-refractivity contribution in [1.82, 2.24) is 14.1 Å². The van der Waals surface area contributed by atoms with E-state index in [9.17, 15) is 0 Å². The first-order valence-electron chi connectivity index (χ1n) is 5.04. The lowest BCUT2D eigenvalue weighted by Crippen LogP contribution is -2.03. The maximum atomic E-state index is 4.03. The first-order chi connectivity index (χ1) is 7.31. The lowest BCUT2D eigenvalue weighted by atomic mass is 10.4. The Hall–Kier alpha value is -1.77. The minimum absolute atomic E-state index is 0.869. The summed E-state index contributed by atoms with van der Waals surface area (Å²) in [5, 5.41) is 0. The van der Waals surface area contributed by atoms with Gasteiger partial charge in [0.1, 0.15) is 0 Å². The smallest absolute Gasteiger partial charge is 0.0949 e. The molecule has 0 fully saturated rings. The van der Waals surface area contributed by atoms with Gasteiger partial charge in [-0.1, -0.05) is 6.08 Å². The van der Waals surface area contributed by atoms with E-state index in [1.807, 2.05) is 19.4 Å². The fourth-order valence-corrected chi connectivity index (χ4v) is 1.64. The third-order valence-corrected chi connectivity index (χ3v) is 2.51. The van der Waals surface area contributed by atoms with Gasteiger partial charge in [0.05, 0.1) is 12.9 Å². The third kappa shape index (κ3) is 2.01. The van der Waals surface area contributed by atoms with Crippen LogP contribution in [0.1, 0.15) is 18.3 Å². The fraction of sp³-hybridized carbons (Fsp3) is 0.250. The summed E-state index contributed by atoms with van der Waals surface area (Å²) in [6, 6.07) is 4.28. The van der Waals surface area contributed by atoms with E-state index in [0.717, 1.165) is 6.54 Å². The van der Waals surface area contributed by atoms with Crippen LogP contribution >= 0.6 is 0 Å². The van der Waals surface area contributed by atoms with E-state index in [1.54, 1.807) is 6.20 Å². The Bertz CT molecular complexity index is 449. The Balaban J connectivity index is 2.23. The number of imidazole rings is 1. The predicted octanol–water partition coefficient (Wildman–Crippen LogP) is 2.30. The Labute approximate surface area is 89.7 Å². The molecule has 0 N–H and O–H groups in total. The summed E-state index contributed by atoms with van der Waals surface area (Å²) in [7, 11) is 2.08. The number of aromatic nitrogens is 3. The highest BCUT2D eigenvalue weighted by molar-refractivity contribution is 5.46. The Kier molecular flexibility index (Phi) is 2.72. The van der Waals surface area contributed by atoms with Gasteiger partial charge in [-0.05, 0) is 25.1 Å². The van der Waals surface area contributed by atoms with Crippen LogP contribution in [-0.4, -0.2) is 14.1 Å². The minimum Gasteiger partial charge on any atom is -0.347 e. The first-order valence-corrected chi connectivity index (χ1v) is 5.04. The van der Waals surface area contributed by atoms with Gasteiger partial charge in [0.2, 0.25) is 0 Å². The number of nitrogens with zero attached hydrogens (tertiary/aromatic N) is 3. The van der Waals surface area contributed by atoms with Crippen molar-refractivity contribution < 1.29 is 0 Å². The largest absolute Gasteiger partial charge is 0.347 e. The molecule has 0 aliphatic carbocycles. The van der Waals surface area contributed by atoms with Crippen molar-refractivity contribution in [2.24, 2.45) is 7.05 Å². The van der Waals surface area contributed by atoms with Crippen LogP contribution in [0.5, 0.6) is 0 Å². The lowest BCUT2D eigenvalue weighted by molar-refractivity contribution is 0.720. The standard InChI is InChI=1S/C12H15N3/c1-3-4-11-5-6-12(14(11)2)9-15-8-7-13-10-15/h3-8,10H,9H2,1-2H3/b4-3+.